The van der Waals surface area contributed by atoms with E-state index < -0.39 is 0 Å². The molecule has 0 aromatic carbocycles. The Balaban J connectivity index is 2.14. The summed E-state index contributed by atoms with van der Waals surface area (Å²) in [5, 5.41) is 1.85. The molecule has 0 bridgehead atoms. The molecule has 2 aromatic heterocycles. The lowest BCUT2D eigenvalue weighted by Crippen LogP contribution is -2.48. The molecule has 0 radical (unpaired) electrons. The highest BCUT2D eigenvalue weighted by Gasteiger charge is 2.17. The van der Waals surface area contributed by atoms with Crippen LogP contribution >= 0.6 is 11.3 Å². The van der Waals surface area contributed by atoms with E-state index >= 15 is 0 Å². The second-order valence-corrected chi connectivity index (χ2v) is 5.34. The van der Waals surface area contributed by atoms with Gasteiger partial charge in [-0.05, 0) is 31.4 Å². The lowest BCUT2D eigenvalue weighted by atomic mass is 10.2. The van der Waals surface area contributed by atoms with Gasteiger partial charge in [0.15, 0.2) is 6.20 Å². The maximum Gasteiger partial charge on any atom is 0.315 e. The number of nitrogens with zero attached hydrogens (tertiary/aromatic N) is 2. The molecule has 1 N–H and O–H groups in total. The van der Waals surface area contributed by atoms with Crippen molar-refractivity contribution in [3.63, 3.8) is 0 Å². The number of nitrogens with one attached hydrogen (secondary N) is 1. The average Bonchev–Trinajstić information content (AvgIpc) is 3.03. The van der Waals surface area contributed by atoms with E-state index in [2.05, 4.69) is 5.43 Å². The van der Waals surface area contributed by atoms with Crippen LogP contribution in [0.15, 0.2) is 42.0 Å². The third-order valence-corrected chi connectivity index (χ3v) is 3.94. The Morgan fingerprint density at radius 3 is 2.62 bits per heavy atom. The molecule has 0 unspecified atom stereocenters. The molecule has 0 fully saturated rings. The molecular weight excluding hydrogens is 286 g/mol. The van der Waals surface area contributed by atoms with E-state index in [4.69, 9.17) is 0 Å². The molecule has 2 rings (SSSR count). The smallest absolute Gasteiger partial charge is 0.315 e. The number of carbonyl (C=O) groups is 2. The number of thiophene rings is 1. The van der Waals surface area contributed by atoms with Crippen LogP contribution in [0.5, 0.6) is 0 Å². The molecule has 5 nitrogen and oxygen atoms in total. The van der Waals surface area contributed by atoms with Crippen molar-refractivity contribution in [2.24, 2.45) is 0 Å². The van der Waals surface area contributed by atoms with Crippen LogP contribution in [0.3, 0.4) is 0 Å². The maximum atomic E-state index is 12.3. The van der Waals surface area contributed by atoms with Crippen molar-refractivity contribution in [2.75, 3.05) is 18.5 Å². The molecule has 0 aliphatic rings. The molecule has 0 spiro atoms. The van der Waals surface area contributed by atoms with Crippen molar-refractivity contribution in [3.8, 4) is 0 Å². The second kappa shape index (κ2) is 6.99. The van der Waals surface area contributed by atoms with E-state index in [1.165, 1.54) is 16.0 Å². The number of hydrogen-bond donors (Lipinski definition) is 1. The molecule has 2 heterocycles. The van der Waals surface area contributed by atoms with Gasteiger partial charge >= 0.3 is 5.91 Å². The van der Waals surface area contributed by atoms with Crippen molar-refractivity contribution in [1.82, 2.24) is 4.90 Å². The summed E-state index contributed by atoms with van der Waals surface area (Å²) < 4.78 is 1.51. The van der Waals surface area contributed by atoms with Crippen LogP contribution in [-0.2, 0) is 0 Å². The first-order valence-corrected chi connectivity index (χ1v) is 7.69. The van der Waals surface area contributed by atoms with Gasteiger partial charge in [0, 0.05) is 19.2 Å². The largest absolute Gasteiger partial charge is 0.339 e. The summed E-state index contributed by atoms with van der Waals surface area (Å²) in [6, 6.07) is 7.07. The predicted molar refractivity (Wildman–Crippen MR) is 81.9 cm³/mol. The van der Waals surface area contributed by atoms with Crippen LogP contribution in [0.4, 0.5) is 0 Å². The number of carbonyl (C=O) groups excluding carboxylic acids is 2. The van der Waals surface area contributed by atoms with Gasteiger partial charge in [-0.2, -0.15) is 0 Å². The fraction of sp³-hybridized carbons (Fsp3) is 0.267. The van der Waals surface area contributed by atoms with Crippen LogP contribution in [0.25, 0.3) is 0 Å². The summed E-state index contributed by atoms with van der Waals surface area (Å²) in [5.41, 5.74) is 3.28. The molecule has 6 heteroatoms. The second-order valence-electron chi connectivity index (χ2n) is 4.40. The van der Waals surface area contributed by atoms with Gasteiger partial charge in [-0.25, -0.2) is 0 Å². The Morgan fingerprint density at radius 1 is 1.24 bits per heavy atom. The Labute approximate surface area is 127 Å². The van der Waals surface area contributed by atoms with Gasteiger partial charge in [0.25, 0.3) is 5.91 Å². The van der Waals surface area contributed by atoms with E-state index in [1.807, 2.05) is 25.3 Å². The zero-order chi connectivity index (χ0) is 15.2. The average molecular weight is 304 g/mol. The third-order valence-electron chi connectivity index (χ3n) is 3.07. The minimum absolute atomic E-state index is 0.0419. The first-order valence-electron chi connectivity index (χ1n) is 6.81. The minimum atomic E-state index is -0.192. The van der Waals surface area contributed by atoms with E-state index in [9.17, 15) is 9.59 Å². The Kier molecular flexibility index (Phi) is 5.05. The van der Waals surface area contributed by atoms with Crippen LogP contribution < -0.4 is 10.1 Å². The van der Waals surface area contributed by atoms with Crippen LogP contribution in [-0.4, -0.2) is 29.8 Å². The predicted octanol–water partition coefficient (Wildman–Crippen LogP) is 1.90. The van der Waals surface area contributed by atoms with E-state index in [0.29, 0.717) is 23.5 Å². The van der Waals surface area contributed by atoms with E-state index in [-0.39, 0.29) is 11.8 Å². The highest BCUT2D eigenvalue weighted by Crippen LogP contribution is 2.07. The van der Waals surface area contributed by atoms with Crippen LogP contribution in [0.1, 0.15) is 33.9 Å². The molecule has 0 saturated heterocycles. The third kappa shape index (κ3) is 3.66. The Morgan fingerprint density at radius 2 is 2.00 bits per heavy atom. The van der Waals surface area contributed by atoms with Crippen molar-refractivity contribution >= 4 is 23.2 Å². The molecule has 2 aromatic rings. The summed E-state index contributed by atoms with van der Waals surface area (Å²) in [5.74, 6) is -0.234. The number of hydrogen-bond acceptors (Lipinski definition) is 3. The van der Waals surface area contributed by atoms with Crippen molar-refractivity contribution in [3.05, 3.63) is 52.5 Å². The highest BCUT2D eigenvalue weighted by molar-refractivity contribution is 7.12. The quantitative estimate of drug-likeness (QED) is 0.858. The summed E-state index contributed by atoms with van der Waals surface area (Å²) >= 11 is 1.37. The topological polar surface area (TPSA) is 53.3 Å². The summed E-state index contributed by atoms with van der Waals surface area (Å²) in [6.45, 7) is 5.20. The molecule has 110 valence electrons. The first kappa shape index (κ1) is 15.2. The minimum Gasteiger partial charge on any atom is -0.339 e. The summed E-state index contributed by atoms with van der Waals surface area (Å²) in [4.78, 5) is 26.6. The van der Waals surface area contributed by atoms with Gasteiger partial charge in [-0.3, -0.25) is 9.59 Å². The molecule has 2 amide bonds. The van der Waals surface area contributed by atoms with E-state index in [1.54, 1.807) is 35.5 Å². The highest BCUT2D eigenvalue weighted by atomic mass is 32.1. The Hall–Kier alpha value is -2.21. The van der Waals surface area contributed by atoms with Gasteiger partial charge < -0.3 is 4.90 Å². The fourth-order valence-electron chi connectivity index (χ4n) is 1.94. The number of rotatable bonds is 5. The van der Waals surface area contributed by atoms with Crippen LogP contribution in [0.2, 0.25) is 0 Å². The summed E-state index contributed by atoms with van der Waals surface area (Å²) in [7, 11) is 0. The number of amides is 2. The van der Waals surface area contributed by atoms with Crippen LogP contribution in [0, 0.1) is 0 Å². The summed E-state index contributed by atoms with van der Waals surface area (Å²) in [6.07, 6.45) is 3.33. The normalized spacial score (nSPS) is 10.2. The molecule has 0 aliphatic heterocycles. The van der Waals surface area contributed by atoms with E-state index in [0.717, 1.165) is 0 Å². The standard InChI is InChI=1S/C15H17N3O2S/c1-3-17(4-2)15(20)12-7-5-9-18(11-12)16-14(19)13-8-6-10-21-13/h5-11H,3-4H2,1-2H3/p+1. The van der Waals surface area contributed by atoms with Gasteiger partial charge in [-0.1, -0.05) is 10.7 Å². The molecule has 0 saturated carbocycles. The van der Waals surface area contributed by atoms with Gasteiger partial charge in [-0.15, -0.1) is 16.8 Å². The number of pyridine rings is 1. The maximum absolute atomic E-state index is 12.3. The fourth-order valence-corrected chi connectivity index (χ4v) is 2.56. The van der Waals surface area contributed by atoms with Crippen molar-refractivity contribution < 1.29 is 14.3 Å². The lowest BCUT2D eigenvalue weighted by molar-refractivity contribution is -0.641. The first-order chi connectivity index (χ1) is 10.2. The Bertz CT molecular complexity index is 622. The lowest BCUT2D eigenvalue weighted by Gasteiger charge is -2.17. The zero-order valence-electron chi connectivity index (χ0n) is 12.1. The molecular formula is C15H18N3O2S+. The van der Waals surface area contributed by atoms with Gasteiger partial charge in [0.1, 0.15) is 5.56 Å². The van der Waals surface area contributed by atoms with Gasteiger partial charge in [0.2, 0.25) is 6.20 Å². The molecule has 21 heavy (non-hydrogen) atoms. The monoisotopic (exact) mass is 304 g/mol. The molecule has 0 aliphatic carbocycles. The molecule has 0 atom stereocenters. The SMILES string of the molecule is CCN(CC)C(=O)c1ccc[n+](NC(=O)c2cccs2)c1. The zero-order valence-corrected chi connectivity index (χ0v) is 12.9. The van der Waals surface area contributed by atoms with Crippen molar-refractivity contribution in [2.45, 2.75) is 13.8 Å². The van der Waals surface area contributed by atoms with Gasteiger partial charge in [0.05, 0.1) is 4.88 Å². The van der Waals surface area contributed by atoms with Crippen molar-refractivity contribution in [1.29, 1.82) is 0 Å². The number of aromatic nitrogens is 1.